The zero-order valence-electron chi connectivity index (χ0n) is 11.7. The molecule has 0 spiro atoms. The Morgan fingerprint density at radius 1 is 0.700 bits per heavy atom. The van der Waals surface area contributed by atoms with Gasteiger partial charge in [0.15, 0.2) is 0 Å². The summed E-state index contributed by atoms with van der Waals surface area (Å²) in [4.78, 5) is 40.3. The molecule has 0 aromatic rings. The molecule has 0 bridgehead atoms. The second-order valence-corrected chi connectivity index (χ2v) is 13.6. The van der Waals surface area contributed by atoms with Gasteiger partial charge in [0.05, 0.1) is 0 Å². The van der Waals surface area contributed by atoms with Gasteiger partial charge in [-0.2, -0.15) is 0 Å². The third kappa shape index (κ3) is 5.35. The molecule has 1 aliphatic heterocycles. The third-order valence-corrected chi connectivity index (χ3v) is 13.4. The molecule has 14 heteroatoms. The van der Waals surface area contributed by atoms with Gasteiger partial charge in [-0.1, -0.05) is 0 Å². The van der Waals surface area contributed by atoms with E-state index in [2.05, 4.69) is 0 Å². The van der Waals surface area contributed by atoms with E-state index in [1.54, 1.807) is 13.8 Å². The minimum absolute atomic E-state index is 0.00235. The smallest absolute Gasteiger partial charge is 0.391 e. The van der Waals surface area contributed by atoms with Crippen LogP contribution >= 0.6 is 0 Å². The molecule has 1 rings (SSSR count). The molecule has 0 aromatic heterocycles. The molecule has 4 unspecified atom stereocenters. The highest BCUT2D eigenvalue weighted by molar-refractivity contribution is 6.84. The Morgan fingerprint density at radius 3 is 1.35 bits per heavy atom. The van der Waals surface area contributed by atoms with Crippen LogP contribution < -0.4 is 0 Å². The number of hydrogen-bond donors (Lipinski definition) is 4. The molecule has 4 N–H and O–H groups in total. The highest BCUT2D eigenvalue weighted by Crippen LogP contribution is 2.27. The van der Waals surface area contributed by atoms with Crippen LogP contribution in [0.4, 0.5) is 0 Å². The van der Waals surface area contributed by atoms with E-state index in [0.29, 0.717) is 0 Å². The summed E-state index contributed by atoms with van der Waals surface area (Å²) >= 11 is 0. The average molecular weight is 365 g/mol. The predicted octanol–water partition coefficient (Wildman–Crippen LogP) is -1.88. The monoisotopic (exact) mass is 364 g/mol. The highest BCUT2D eigenvalue weighted by Gasteiger charge is 2.65. The largest absolute Gasteiger partial charge is 0.663 e. The predicted molar refractivity (Wildman–Crippen MR) is 71.2 cm³/mol. The van der Waals surface area contributed by atoms with Crippen molar-refractivity contribution in [3.8, 4) is 0 Å². The summed E-state index contributed by atoms with van der Waals surface area (Å²) in [6, 6.07) is 0. The van der Waals surface area contributed by atoms with E-state index in [1.165, 1.54) is 0 Å². The first-order chi connectivity index (χ1) is 8.95. The van der Waals surface area contributed by atoms with Crippen molar-refractivity contribution in [1.82, 2.24) is 0 Å². The Labute approximate surface area is 121 Å². The Kier molecular flexibility index (Phi) is 5.83. The van der Waals surface area contributed by atoms with Gasteiger partial charge in [-0.25, -0.2) is 0 Å². The van der Waals surface area contributed by atoms with Gasteiger partial charge in [0.1, 0.15) is 0 Å². The minimum atomic E-state index is -4.43. The van der Waals surface area contributed by atoms with E-state index in [0.717, 1.165) is 13.1 Å². The maximum Gasteiger partial charge on any atom is 0.663 e. The van der Waals surface area contributed by atoms with Gasteiger partial charge in [-0.05, 0) is 13.8 Å². The van der Waals surface area contributed by atoms with Crippen molar-refractivity contribution in [2.75, 3.05) is 13.2 Å². The topological polar surface area (TPSA) is 136 Å². The normalized spacial score (nSPS) is 46.8. The zero-order valence-corrected chi connectivity index (χ0v) is 15.7. The summed E-state index contributed by atoms with van der Waals surface area (Å²) in [5, 5.41) is 0. The van der Waals surface area contributed by atoms with Crippen LogP contribution in [0.2, 0.25) is 13.1 Å². The molecule has 20 heavy (non-hydrogen) atoms. The van der Waals surface area contributed by atoms with E-state index in [4.69, 9.17) is 25.3 Å². The van der Waals surface area contributed by atoms with Gasteiger partial charge in [-0.15, -0.1) is 0 Å². The average Bonchev–Trinajstić information content (AvgIpc) is 2.09. The summed E-state index contributed by atoms with van der Waals surface area (Å²) in [5.41, 5.74) is 0. The van der Waals surface area contributed by atoms with Crippen molar-refractivity contribution in [3.05, 3.63) is 0 Å². The van der Waals surface area contributed by atoms with Crippen LogP contribution in [-0.4, -0.2) is 68.1 Å². The molecule has 0 amide bonds. The molecular weight excluding hydrogens is 344 g/mol. The van der Waals surface area contributed by atoms with Crippen molar-refractivity contribution < 1.29 is 44.5 Å². The minimum Gasteiger partial charge on any atom is -0.391 e. The molecule has 0 saturated carbocycles. The van der Waals surface area contributed by atoms with Gasteiger partial charge in [0, 0.05) is 26.3 Å². The Balaban J connectivity index is 3.08. The number of rotatable bonds is 4. The SMILES string of the molecule is CCO[Si]1(O)O[Si](C)(O)O[Si](C)(O)O[Si](O)(OCC)O1. The lowest BCUT2D eigenvalue weighted by Crippen LogP contribution is -2.71. The van der Waals surface area contributed by atoms with E-state index in [9.17, 15) is 19.2 Å². The van der Waals surface area contributed by atoms with Crippen LogP contribution in [0.1, 0.15) is 13.8 Å². The van der Waals surface area contributed by atoms with Gasteiger partial charge in [0.2, 0.25) is 0 Å². The second kappa shape index (κ2) is 6.30. The van der Waals surface area contributed by atoms with Gasteiger partial charge >= 0.3 is 35.7 Å². The lowest BCUT2D eigenvalue weighted by molar-refractivity contribution is -0.0286. The summed E-state index contributed by atoms with van der Waals surface area (Å²) in [5.74, 6) is 0. The molecule has 0 aliphatic carbocycles. The van der Waals surface area contributed by atoms with E-state index >= 15 is 0 Å². The third-order valence-electron chi connectivity index (χ3n) is 1.93. The lowest BCUT2D eigenvalue weighted by atomic mass is 10.9. The van der Waals surface area contributed by atoms with Crippen LogP contribution in [0.25, 0.3) is 0 Å². The van der Waals surface area contributed by atoms with Crippen molar-refractivity contribution in [3.63, 3.8) is 0 Å². The van der Waals surface area contributed by atoms with E-state index in [-0.39, 0.29) is 13.2 Å². The quantitative estimate of drug-likeness (QED) is 0.419. The Bertz CT molecular complexity index is 312. The van der Waals surface area contributed by atoms with Crippen molar-refractivity contribution in [1.29, 1.82) is 0 Å². The number of hydrogen-bond acceptors (Lipinski definition) is 10. The van der Waals surface area contributed by atoms with Crippen LogP contribution in [0.5, 0.6) is 0 Å². The molecule has 1 saturated heterocycles. The van der Waals surface area contributed by atoms with E-state index in [1.807, 2.05) is 0 Å². The molecule has 0 radical (unpaired) electrons. The fourth-order valence-corrected chi connectivity index (χ4v) is 13.3. The molecule has 120 valence electrons. The first-order valence-electron chi connectivity index (χ1n) is 5.93. The molecule has 1 aliphatic rings. The van der Waals surface area contributed by atoms with Gasteiger partial charge < -0.3 is 44.5 Å². The fraction of sp³-hybridized carbons (Fsp3) is 1.00. The van der Waals surface area contributed by atoms with Crippen LogP contribution in [0.3, 0.4) is 0 Å². The molecular formula is C6H20O10Si4. The maximum absolute atomic E-state index is 10.2. The van der Waals surface area contributed by atoms with Gasteiger partial charge in [0.25, 0.3) is 0 Å². The summed E-state index contributed by atoms with van der Waals surface area (Å²) in [6.07, 6.45) is 0. The fourth-order valence-electron chi connectivity index (χ4n) is 1.56. The molecule has 0 aromatic carbocycles. The van der Waals surface area contributed by atoms with Crippen molar-refractivity contribution >= 4 is 35.7 Å². The summed E-state index contributed by atoms with van der Waals surface area (Å²) in [7, 11) is -16.8. The van der Waals surface area contributed by atoms with Crippen molar-refractivity contribution in [2.24, 2.45) is 0 Å². The molecule has 10 nitrogen and oxygen atoms in total. The zero-order chi connectivity index (χ0) is 15.7. The maximum atomic E-state index is 10.2. The van der Waals surface area contributed by atoms with Gasteiger partial charge in [-0.3, -0.25) is 0 Å². The molecule has 4 atom stereocenters. The first kappa shape index (κ1) is 18.5. The van der Waals surface area contributed by atoms with Crippen LogP contribution in [0.15, 0.2) is 0 Å². The Hall–Kier alpha value is 0.468. The summed E-state index contributed by atoms with van der Waals surface area (Å²) in [6.45, 7) is 5.42. The highest BCUT2D eigenvalue weighted by atomic mass is 28.6. The Morgan fingerprint density at radius 2 is 1.05 bits per heavy atom. The van der Waals surface area contributed by atoms with Crippen LogP contribution in [-0.2, 0) is 25.3 Å². The van der Waals surface area contributed by atoms with Crippen LogP contribution in [0, 0.1) is 0 Å². The molecule has 1 heterocycles. The van der Waals surface area contributed by atoms with E-state index < -0.39 is 35.7 Å². The van der Waals surface area contributed by atoms with Crippen molar-refractivity contribution in [2.45, 2.75) is 26.9 Å². The molecule has 1 fully saturated rings. The first-order valence-corrected chi connectivity index (χ1v) is 13.8. The second-order valence-electron chi connectivity index (χ2n) is 4.12. The summed E-state index contributed by atoms with van der Waals surface area (Å²) < 4.78 is 29.9. The lowest BCUT2D eigenvalue weighted by Gasteiger charge is -2.40. The standard InChI is InChI=1S/C6H20O10Si4/c1-5-11-19(9)14-17(3,7)13-18(4,8)15-20(10,16-19)12-6-2/h7-10H,5-6H2,1-4H3.